The molecule has 0 spiro atoms. The molecule has 110 valence electrons. The van der Waals surface area contributed by atoms with Crippen LogP contribution in [0.1, 0.15) is 24.0 Å². The Bertz CT molecular complexity index is 617. The van der Waals surface area contributed by atoms with Crippen molar-refractivity contribution < 1.29 is 5.11 Å². The zero-order chi connectivity index (χ0) is 14.7. The average Bonchev–Trinajstić information content (AvgIpc) is 2.52. The predicted molar refractivity (Wildman–Crippen MR) is 85.7 cm³/mol. The van der Waals surface area contributed by atoms with Crippen molar-refractivity contribution in [3.8, 4) is 0 Å². The molecule has 4 heteroatoms. The van der Waals surface area contributed by atoms with Gasteiger partial charge in [-0.25, -0.2) is 0 Å². The van der Waals surface area contributed by atoms with Crippen molar-refractivity contribution >= 4 is 17.3 Å². The lowest BCUT2D eigenvalue weighted by molar-refractivity contribution is 0.267. The molecule has 1 aromatic heterocycles. The second-order valence-electron chi connectivity index (χ2n) is 5.43. The van der Waals surface area contributed by atoms with E-state index in [0.29, 0.717) is 11.1 Å². The molecular weight excluding hydrogens is 284 g/mol. The van der Waals surface area contributed by atoms with E-state index >= 15 is 0 Å². The van der Waals surface area contributed by atoms with Crippen molar-refractivity contribution in [2.45, 2.75) is 31.8 Å². The largest absolute Gasteiger partial charge is 0.396 e. The van der Waals surface area contributed by atoms with Gasteiger partial charge in [0.15, 0.2) is 0 Å². The van der Waals surface area contributed by atoms with Crippen LogP contribution in [0.15, 0.2) is 42.7 Å². The van der Waals surface area contributed by atoms with Crippen LogP contribution in [0.2, 0.25) is 5.02 Å². The maximum Gasteiger partial charge on any atom is 0.0639 e. The summed E-state index contributed by atoms with van der Waals surface area (Å²) < 4.78 is 0. The highest BCUT2D eigenvalue weighted by Crippen LogP contribution is 2.33. The van der Waals surface area contributed by atoms with Crippen LogP contribution in [0.5, 0.6) is 0 Å². The zero-order valence-electron chi connectivity index (χ0n) is 11.9. The van der Waals surface area contributed by atoms with E-state index in [4.69, 9.17) is 11.6 Å². The van der Waals surface area contributed by atoms with Gasteiger partial charge >= 0.3 is 0 Å². The van der Waals surface area contributed by atoms with Gasteiger partial charge in [-0.2, -0.15) is 0 Å². The summed E-state index contributed by atoms with van der Waals surface area (Å²) in [6, 6.07) is 10.8. The Kier molecular flexibility index (Phi) is 4.42. The summed E-state index contributed by atoms with van der Waals surface area (Å²) in [5.41, 5.74) is 3.71. The lowest BCUT2D eigenvalue weighted by atomic mass is 9.93. The molecule has 0 aliphatic carbocycles. The molecule has 1 aromatic carbocycles. The molecule has 1 atom stereocenters. The summed E-state index contributed by atoms with van der Waals surface area (Å²) >= 11 is 6.26. The number of aryl methyl sites for hydroxylation is 1. The highest BCUT2D eigenvalue weighted by molar-refractivity contribution is 6.31. The summed E-state index contributed by atoms with van der Waals surface area (Å²) in [4.78, 5) is 6.42. The maximum absolute atomic E-state index is 9.34. The van der Waals surface area contributed by atoms with Gasteiger partial charge in [0, 0.05) is 37.3 Å². The molecule has 0 saturated carbocycles. The van der Waals surface area contributed by atoms with Crippen molar-refractivity contribution in [1.82, 2.24) is 4.98 Å². The Morgan fingerprint density at radius 1 is 1.29 bits per heavy atom. The number of anilines is 1. The van der Waals surface area contributed by atoms with Gasteiger partial charge in [-0.3, -0.25) is 4.98 Å². The van der Waals surface area contributed by atoms with Crippen molar-refractivity contribution in [2.24, 2.45) is 0 Å². The molecule has 1 unspecified atom stereocenters. The first-order chi connectivity index (χ1) is 10.3. The molecule has 3 nitrogen and oxygen atoms in total. The number of aliphatic hydroxyl groups excluding tert-OH is 1. The Morgan fingerprint density at radius 2 is 2.14 bits per heavy atom. The van der Waals surface area contributed by atoms with Gasteiger partial charge in [0.25, 0.3) is 0 Å². The van der Waals surface area contributed by atoms with Crippen LogP contribution in [-0.2, 0) is 13.0 Å². The number of rotatable bonds is 4. The van der Waals surface area contributed by atoms with E-state index in [0.717, 1.165) is 31.4 Å². The van der Waals surface area contributed by atoms with E-state index in [9.17, 15) is 5.11 Å². The third kappa shape index (κ3) is 3.04. The summed E-state index contributed by atoms with van der Waals surface area (Å²) in [6.07, 6.45) is 6.39. The number of para-hydroxylation sites is 1. The Morgan fingerprint density at radius 3 is 2.95 bits per heavy atom. The van der Waals surface area contributed by atoms with Crippen LogP contribution in [0, 0.1) is 0 Å². The molecule has 0 saturated heterocycles. The lowest BCUT2D eigenvalue weighted by Crippen LogP contribution is -2.39. The molecule has 1 aliphatic heterocycles. The number of aliphatic hydroxyl groups is 1. The molecule has 0 bridgehead atoms. The van der Waals surface area contributed by atoms with E-state index in [-0.39, 0.29) is 6.61 Å². The second-order valence-corrected chi connectivity index (χ2v) is 5.84. The zero-order valence-corrected chi connectivity index (χ0v) is 12.6. The monoisotopic (exact) mass is 302 g/mol. The molecule has 21 heavy (non-hydrogen) atoms. The standard InChI is InChI=1S/C17H19ClN2O/c18-16-11-19-9-7-14(16)12-20-15(8-10-21)6-5-13-3-1-2-4-17(13)20/h1-4,7,9,11,15,21H,5-6,8,10,12H2. The minimum atomic E-state index is 0.216. The van der Waals surface area contributed by atoms with Crippen molar-refractivity contribution in [2.75, 3.05) is 11.5 Å². The van der Waals surface area contributed by atoms with E-state index < -0.39 is 0 Å². The molecule has 3 rings (SSSR count). The summed E-state index contributed by atoms with van der Waals surface area (Å²) in [6.45, 7) is 0.969. The van der Waals surface area contributed by atoms with Gasteiger partial charge in [-0.1, -0.05) is 29.8 Å². The SMILES string of the molecule is OCCC1CCc2ccccc2N1Cc1ccncc1Cl. The number of aromatic nitrogens is 1. The minimum Gasteiger partial charge on any atom is -0.396 e. The molecule has 1 N–H and O–H groups in total. The number of fused-ring (bicyclic) bond motifs is 1. The highest BCUT2D eigenvalue weighted by atomic mass is 35.5. The summed E-state index contributed by atoms with van der Waals surface area (Å²) in [5, 5.41) is 10.0. The van der Waals surface area contributed by atoms with Crippen LogP contribution >= 0.6 is 11.6 Å². The first-order valence-electron chi connectivity index (χ1n) is 7.33. The summed E-state index contributed by atoms with van der Waals surface area (Å²) in [5.74, 6) is 0. The van der Waals surface area contributed by atoms with Gasteiger partial charge < -0.3 is 10.0 Å². The van der Waals surface area contributed by atoms with E-state index in [2.05, 4.69) is 34.1 Å². The minimum absolute atomic E-state index is 0.216. The van der Waals surface area contributed by atoms with Gasteiger partial charge in [-0.15, -0.1) is 0 Å². The molecule has 0 amide bonds. The Hall–Kier alpha value is -1.58. The number of halogens is 1. The number of benzene rings is 1. The smallest absolute Gasteiger partial charge is 0.0639 e. The van der Waals surface area contributed by atoms with Crippen molar-refractivity contribution in [1.29, 1.82) is 0 Å². The van der Waals surface area contributed by atoms with Crippen LogP contribution in [0.3, 0.4) is 0 Å². The first kappa shape index (κ1) is 14.4. The van der Waals surface area contributed by atoms with Crippen LogP contribution < -0.4 is 4.90 Å². The average molecular weight is 303 g/mol. The molecule has 2 aromatic rings. The quantitative estimate of drug-likeness (QED) is 0.940. The summed E-state index contributed by atoms with van der Waals surface area (Å²) in [7, 11) is 0. The van der Waals surface area contributed by atoms with E-state index in [1.165, 1.54) is 11.3 Å². The third-order valence-electron chi connectivity index (χ3n) is 4.15. The van der Waals surface area contributed by atoms with Gasteiger partial charge in [0.1, 0.15) is 0 Å². The number of nitrogens with zero attached hydrogens (tertiary/aromatic N) is 2. The fourth-order valence-corrected chi connectivity index (χ4v) is 3.24. The molecule has 1 aliphatic rings. The van der Waals surface area contributed by atoms with Gasteiger partial charge in [-0.05, 0) is 42.5 Å². The topological polar surface area (TPSA) is 36.4 Å². The van der Waals surface area contributed by atoms with E-state index in [1.54, 1.807) is 12.4 Å². The van der Waals surface area contributed by atoms with Crippen molar-refractivity contribution in [3.63, 3.8) is 0 Å². The molecule has 0 radical (unpaired) electrons. The first-order valence-corrected chi connectivity index (χ1v) is 7.71. The highest BCUT2D eigenvalue weighted by Gasteiger charge is 2.26. The predicted octanol–water partition coefficient (Wildman–Crippen LogP) is 3.44. The lowest BCUT2D eigenvalue weighted by Gasteiger charge is -2.39. The third-order valence-corrected chi connectivity index (χ3v) is 4.49. The van der Waals surface area contributed by atoms with Gasteiger partial charge in [0.2, 0.25) is 0 Å². The number of pyridine rings is 1. The fraction of sp³-hybridized carbons (Fsp3) is 0.353. The number of hydrogen-bond donors (Lipinski definition) is 1. The van der Waals surface area contributed by atoms with Crippen LogP contribution in [0.4, 0.5) is 5.69 Å². The van der Waals surface area contributed by atoms with Crippen molar-refractivity contribution in [3.05, 3.63) is 58.9 Å². The van der Waals surface area contributed by atoms with Crippen LogP contribution in [-0.4, -0.2) is 22.7 Å². The van der Waals surface area contributed by atoms with Gasteiger partial charge in [0.05, 0.1) is 5.02 Å². The Balaban J connectivity index is 1.93. The second kappa shape index (κ2) is 6.46. The normalized spacial score (nSPS) is 17.6. The fourth-order valence-electron chi connectivity index (χ4n) is 3.06. The molecular formula is C17H19ClN2O. The Labute approximate surface area is 130 Å². The van der Waals surface area contributed by atoms with Crippen LogP contribution in [0.25, 0.3) is 0 Å². The maximum atomic E-state index is 9.34. The molecule has 2 heterocycles. The molecule has 0 fully saturated rings. The van der Waals surface area contributed by atoms with E-state index in [1.807, 2.05) is 6.07 Å². The number of hydrogen-bond acceptors (Lipinski definition) is 3.